The Morgan fingerprint density at radius 3 is 2.79 bits per heavy atom. The Morgan fingerprint density at radius 2 is 1.88 bits per heavy atom. The van der Waals surface area contributed by atoms with Crippen LogP contribution in [0.4, 0.5) is 11.4 Å². The Hall–Kier alpha value is -2.92. The lowest BCUT2D eigenvalue weighted by Gasteiger charge is -2.41. The van der Waals surface area contributed by atoms with E-state index in [9.17, 15) is 4.79 Å². The molecule has 1 amide bonds. The van der Waals surface area contributed by atoms with Crippen LogP contribution in [0.3, 0.4) is 0 Å². The van der Waals surface area contributed by atoms with E-state index in [2.05, 4.69) is 26.6 Å². The Bertz CT molecular complexity index is 1130. The molecule has 1 aliphatic carbocycles. The number of nitrogens with one attached hydrogen (secondary N) is 2. The standard InChI is InChI=1S/C28H34N4O/c1-20-17-27(25-11-4-5-12-26(25)30-20)31-24-10-6-9-22(18-24)28(33)29-14-16-32-15-13-21-7-2-3-8-23(21)19-32/h4-6,9-12,17-18,21,23H,2-3,7-8,13-16,19H2,1H3,(H,29,33)(H,30,31)/t21-,23+/m1/s1. The maximum Gasteiger partial charge on any atom is 0.251 e. The maximum absolute atomic E-state index is 12.8. The molecule has 0 spiro atoms. The molecule has 0 bridgehead atoms. The van der Waals surface area contributed by atoms with E-state index in [1.807, 2.05) is 55.5 Å². The molecule has 5 rings (SSSR count). The molecule has 2 N–H and O–H groups in total. The van der Waals surface area contributed by atoms with Crippen LogP contribution in [-0.4, -0.2) is 42.0 Å². The first-order valence-corrected chi connectivity index (χ1v) is 12.4. The van der Waals surface area contributed by atoms with Crippen LogP contribution in [0.5, 0.6) is 0 Å². The summed E-state index contributed by atoms with van der Waals surface area (Å²) in [5.74, 6) is 1.81. The minimum atomic E-state index is -0.0121. The fraction of sp³-hybridized carbons (Fsp3) is 0.429. The van der Waals surface area contributed by atoms with Crippen molar-refractivity contribution in [1.82, 2.24) is 15.2 Å². The van der Waals surface area contributed by atoms with Crippen LogP contribution in [0.25, 0.3) is 10.9 Å². The van der Waals surface area contributed by atoms with Crippen LogP contribution in [0, 0.1) is 18.8 Å². The van der Waals surface area contributed by atoms with Crippen molar-refractivity contribution in [3.8, 4) is 0 Å². The van der Waals surface area contributed by atoms with Gasteiger partial charge in [-0.05, 0) is 68.5 Å². The predicted octanol–water partition coefficient (Wildman–Crippen LogP) is 5.53. The molecule has 3 aromatic rings. The molecular weight excluding hydrogens is 408 g/mol. The zero-order valence-electron chi connectivity index (χ0n) is 19.5. The largest absolute Gasteiger partial charge is 0.355 e. The second-order valence-corrected chi connectivity index (χ2v) is 9.68. The minimum absolute atomic E-state index is 0.0121. The average Bonchev–Trinajstić information content (AvgIpc) is 2.84. The average molecular weight is 443 g/mol. The first-order valence-electron chi connectivity index (χ1n) is 12.4. The molecule has 2 heterocycles. The molecule has 1 saturated heterocycles. The van der Waals surface area contributed by atoms with Crippen molar-refractivity contribution >= 4 is 28.2 Å². The predicted molar refractivity (Wildman–Crippen MR) is 135 cm³/mol. The Kier molecular flexibility index (Phi) is 6.58. The number of benzene rings is 2. The molecule has 0 unspecified atom stereocenters. The van der Waals surface area contributed by atoms with Gasteiger partial charge in [0, 0.05) is 47.7 Å². The lowest BCUT2D eigenvalue weighted by atomic mass is 9.75. The molecule has 0 radical (unpaired) electrons. The topological polar surface area (TPSA) is 57.3 Å². The van der Waals surface area contributed by atoms with Gasteiger partial charge < -0.3 is 15.5 Å². The molecule has 172 valence electrons. The molecule has 2 aromatic carbocycles. The number of anilines is 2. The van der Waals surface area contributed by atoms with Crippen LogP contribution in [-0.2, 0) is 0 Å². The van der Waals surface area contributed by atoms with Crippen molar-refractivity contribution in [2.24, 2.45) is 11.8 Å². The van der Waals surface area contributed by atoms with E-state index < -0.39 is 0 Å². The molecule has 5 nitrogen and oxygen atoms in total. The molecule has 33 heavy (non-hydrogen) atoms. The lowest BCUT2D eigenvalue weighted by molar-refractivity contribution is 0.0833. The fourth-order valence-electron chi connectivity index (χ4n) is 5.61. The third-order valence-electron chi connectivity index (χ3n) is 7.34. The normalized spacial score (nSPS) is 20.9. The lowest BCUT2D eigenvalue weighted by Crippen LogP contribution is -2.44. The zero-order valence-corrected chi connectivity index (χ0v) is 19.5. The number of carbonyl (C=O) groups excluding carboxylic acids is 1. The number of hydrogen-bond acceptors (Lipinski definition) is 4. The summed E-state index contributed by atoms with van der Waals surface area (Å²) in [6, 6.07) is 17.9. The number of rotatable bonds is 6. The third kappa shape index (κ3) is 5.19. The van der Waals surface area contributed by atoms with Gasteiger partial charge in [0.05, 0.1) is 5.52 Å². The maximum atomic E-state index is 12.8. The van der Waals surface area contributed by atoms with E-state index in [0.717, 1.165) is 46.4 Å². The zero-order chi connectivity index (χ0) is 22.6. The second-order valence-electron chi connectivity index (χ2n) is 9.68. The number of nitrogens with zero attached hydrogens (tertiary/aromatic N) is 2. The van der Waals surface area contributed by atoms with Crippen molar-refractivity contribution in [3.05, 3.63) is 65.9 Å². The molecule has 5 heteroatoms. The van der Waals surface area contributed by atoms with E-state index in [4.69, 9.17) is 0 Å². The van der Waals surface area contributed by atoms with Crippen molar-refractivity contribution < 1.29 is 4.79 Å². The van der Waals surface area contributed by atoms with E-state index in [-0.39, 0.29) is 5.91 Å². The number of piperidine rings is 1. The van der Waals surface area contributed by atoms with Gasteiger partial charge >= 0.3 is 0 Å². The molecule has 2 aliphatic rings. The monoisotopic (exact) mass is 442 g/mol. The summed E-state index contributed by atoms with van der Waals surface area (Å²) in [5.41, 5.74) is 4.51. The molecular formula is C28H34N4O. The molecule has 2 fully saturated rings. The number of pyridine rings is 1. The summed E-state index contributed by atoms with van der Waals surface area (Å²) in [5, 5.41) is 7.69. The quantitative estimate of drug-likeness (QED) is 0.527. The highest BCUT2D eigenvalue weighted by Gasteiger charge is 2.30. The van der Waals surface area contributed by atoms with E-state index in [0.29, 0.717) is 12.1 Å². The Labute approximate surface area is 196 Å². The number of aromatic nitrogens is 1. The van der Waals surface area contributed by atoms with Gasteiger partial charge in [0.2, 0.25) is 0 Å². The number of amides is 1. The summed E-state index contributed by atoms with van der Waals surface area (Å²) in [6.07, 6.45) is 6.96. The van der Waals surface area contributed by atoms with Gasteiger partial charge in [-0.15, -0.1) is 0 Å². The smallest absolute Gasteiger partial charge is 0.251 e. The third-order valence-corrected chi connectivity index (χ3v) is 7.34. The SMILES string of the molecule is Cc1cc(Nc2cccc(C(=O)NCCN3CC[C@H]4CCCC[C@H]4C3)c2)c2ccccc2n1. The summed E-state index contributed by atoms with van der Waals surface area (Å²) in [6.45, 7) is 6.02. The van der Waals surface area contributed by atoms with Crippen molar-refractivity contribution in [3.63, 3.8) is 0 Å². The highest BCUT2D eigenvalue weighted by Crippen LogP contribution is 2.35. The van der Waals surface area contributed by atoms with Crippen LogP contribution in [0.1, 0.15) is 48.2 Å². The van der Waals surface area contributed by atoms with Gasteiger partial charge in [-0.3, -0.25) is 9.78 Å². The molecule has 1 aliphatic heterocycles. The summed E-state index contributed by atoms with van der Waals surface area (Å²) in [4.78, 5) is 20.0. The van der Waals surface area contributed by atoms with Gasteiger partial charge in [0.15, 0.2) is 0 Å². The summed E-state index contributed by atoms with van der Waals surface area (Å²) >= 11 is 0. The van der Waals surface area contributed by atoms with Crippen LogP contribution in [0.15, 0.2) is 54.6 Å². The van der Waals surface area contributed by atoms with Crippen LogP contribution in [0.2, 0.25) is 0 Å². The highest BCUT2D eigenvalue weighted by atomic mass is 16.1. The number of hydrogen-bond donors (Lipinski definition) is 2. The number of fused-ring (bicyclic) bond motifs is 2. The van der Waals surface area contributed by atoms with Gasteiger partial charge in [-0.2, -0.15) is 0 Å². The van der Waals surface area contributed by atoms with Crippen molar-refractivity contribution in [2.75, 3.05) is 31.5 Å². The number of para-hydroxylation sites is 1. The first-order chi connectivity index (χ1) is 16.2. The molecule has 1 aromatic heterocycles. The van der Waals surface area contributed by atoms with E-state index in [1.165, 1.54) is 45.2 Å². The van der Waals surface area contributed by atoms with E-state index >= 15 is 0 Å². The van der Waals surface area contributed by atoms with Gasteiger partial charge in [-0.25, -0.2) is 0 Å². The number of aryl methyl sites for hydroxylation is 1. The number of likely N-dealkylation sites (tertiary alicyclic amines) is 1. The van der Waals surface area contributed by atoms with Crippen molar-refractivity contribution in [2.45, 2.75) is 39.0 Å². The summed E-state index contributed by atoms with van der Waals surface area (Å²) in [7, 11) is 0. The molecule has 2 atom stereocenters. The molecule has 1 saturated carbocycles. The Balaban J connectivity index is 1.19. The van der Waals surface area contributed by atoms with Gasteiger partial charge in [0.1, 0.15) is 0 Å². The minimum Gasteiger partial charge on any atom is -0.355 e. The highest BCUT2D eigenvalue weighted by molar-refractivity contribution is 5.96. The van der Waals surface area contributed by atoms with Gasteiger partial charge in [0.25, 0.3) is 5.91 Å². The Morgan fingerprint density at radius 1 is 1.03 bits per heavy atom. The van der Waals surface area contributed by atoms with Gasteiger partial charge in [-0.1, -0.05) is 43.5 Å². The second kappa shape index (κ2) is 9.92. The van der Waals surface area contributed by atoms with E-state index in [1.54, 1.807) is 0 Å². The van der Waals surface area contributed by atoms with Crippen molar-refractivity contribution in [1.29, 1.82) is 0 Å². The van der Waals surface area contributed by atoms with Crippen LogP contribution >= 0.6 is 0 Å². The first kappa shape index (κ1) is 21.9. The summed E-state index contributed by atoms with van der Waals surface area (Å²) < 4.78 is 0. The van der Waals surface area contributed by atoms with Crippen LogP contribution < -0.4 is 10.6 Å². The fourth-order valence-corrected chi connectivity index (χ4v) is 5.61. The number of carbonyl (C=O) groups is 1.